The van der Waals surface area contributed by atoms with Crippen LogP contribution in [0.15, 0.2) is 18.5 Å². The van der Waals surface area contributed by atoms with Gasteiger partial charge in [-0.25, -0.2) is 0 Å². The smallest absolute Gasteiger partial charge is 0.0621 e. The Bertz CT molecular complexity index is 313. The monoisotopic (exact) mass is 240 g/mol. The lowest BCUT2D eigenvalue weighted by Gasteiger charge is -2.18. The minimum atomic E-state index is 0.543. The van der Waals surface area contributed by atoms with Gasteiger partial charge < -0.3 is 5.32 Å². The highest BCUT2D eigenvalue weighted by Crippen LogP contribution is 2.19. The van der Waals surface area contributed by atoms with Gasteiger partial charge in [0.2, 0.25) is 0 Å². The molecule has 0 aromatic carbocycles. The average molecular weight is 241 g/mol. The van der Waals surface area contributed by atoms with Crippen molar-refractivity contribution in [2.45, 2.75) is 39.7 Å². The second-order valence-corrected chi connectivity index (χ2v) is 4.92. The van der Waals surface area contributed by atoms with Gasteiger partial charge in [0, 0.05) is 18.4 Å². The first-order chi connectivity index (χ1) is 7.63. The van der Waals surface area contributed by atoms with E-state index >= 15 is 0 Å². The Morgan fingerprint density at radius 1 is 1.44 bits per heavy atom. The number of pyridine rings is 1. The lowest BCUT2D eigenvalue weighted by Crippen LogP contribution is -2.29. The number of rotatable bonds is 6. The fourth-order valence-corrected chi connectivity index (χ4v) is 1.84. The van der Waals surface area contributed by atoms with Gasteiger partial charge in [-0.15, -0.1) is 0 Å². The molecule has 1 rings (SSSR count). The van der Waals surface area contributed by atoms with Crippen LogP contribution in [0.3, 0.4) is 0 Å². The summed E-state index contributed by atoms with van der Waals surface area (Å²) in [6, 6.07) is 2.56. The van der Waals surface area contributed by atoms with Gasteiger partial charge in [0.1, 0.15) is 0 Å². The maximum absolute atomic E-state index is 6.11. The van der Waals surface area contributed by atoms with Gasteiger partial charge >= 0.3 is 0 Å². The van der Waals surface area contributed by atoms with Crippen LogP contribution in [0.25, 0.3) is 0 Å². The van der Waals surface area contributed by atoms with E-state index in [-0.39, 0.29) is 0 Å². The number of aromatic nitrogens is 1. The van der Waals surface area contributed by atoms with Crippen LogP contribution < -0.4 is 5.32 Å². The van der Waals surface area contributed by atoms with E-state index < -0.39 is 0 Å². The second kappa shape index (κ2) is 6.87. The highest BCUT2D eigenvalue weighted by molar-refractivity contribution is 6.31. The topological polar surface area (TPSA) is 24.9 Å². The van der Waals surface area contributed by atoms with Crippen molar-refractivity contribution in [3.63, 3.8) is 0 Å². The molecule has 16 heavy (non-hydrogen) atoms. The standard InChI is InChI=1S/C13H21ClN2/c1-4-11(8-16-10(2)3)7-12-5-6-15-9-13(12)14/h5-6,9-11,16H,4,7-8H2,1-3H3. The van der Waals surface area contributed by atoms with E-state index in [1.165, 1.54) is 12.0 Å². The minimum absolute atomic E-state index is 0.543. The Balaban J connectivity index is 2.53. The minimum Gasteiger partial charge on any atom is -0.314 e. The van der Waals surface area contributed by atoms with Crippen LogP contribution in [-0.4, -0.2) is 17.6 Å². The molecule has 1 aromatic rings. The number of hydrogen-bond donors (Lipinski definition) is 1. The lowest BCUT2D eigenvalue weighted by atomic mass is 9.97. The number of nitrogens with zero attached hydrogens (tertiary/aromatic N) is 1. The first-order valence-corrected chi connectivity index (χ1v) is 6.33. The first kappa shape index (κ1) is 13.5. The molecule has 0 saturated heterocycles. The number of hydrogen-bond acceptors (Lipinski definition) is 2. The van der Waals surface area contributed by atoms with Crippen LogP contribution in [0.5, 0.6) is 0 Å². The molecule has 0 bridgehead atoms. The molecule has 1 unspecified atom stereocenters. The van der Waals surface area contributed by atoms with Gasteiger partial charge in [-0.1, -0.05) is 38.8 Å². The Kier molecular flexibility index (Phi) is 5.78. The molecule has 0 amide bonds. The summed E-state index contributed by atoms with van der Waals surface area (Å²) in [5, 5.41) is 4.26. The molecule has 1 atom stereocenters. The van der Waals surface area contributed by atoms with Crippen molar-refractivity contribution < 1.29 is 0 Å². The summed E-state index contributed by atoms with van der Waals surface area (Å²) >= 11 is 6.11. The van der Waals surface area contributed by atoms with Gasteiger partial charge in [-0.2, -0.15) is 0 Å². The van der Waals surface area contributed by atoms with Gasteiger partial charge in [-0.3, -0.25) is 4.98 Å². The zero-order valence-electron chi connectivity index (χ0n) is 10.3. The van der Waals surface area contributed by atoms with E-state index in [1.807, 2.05) is 12.3 Å². The van der Waals surface area contributed by atoms with Crippen molar-refractivity contribution in [1.29, 1.82) is 0 Å². The maximum atomic E-state index is 6.11. The first-order valence-electron chi connectivity index (χ1n) is 5.95. The van der Waals surface area contributed by atoms with Crippen LogP contribution in [0.2, 0.25) is 5.02 Å². The third-order valence-corrected chi connectivity index (χ3v) is 3.10. The van der Waals surface area contributed by atoms with E-state index in [0.717, 1.165) is 18.0 Å². The molecule has 1 heterocycles. The predicted molar refractivity (Wildman–Crippen MR) is 69.9 cm³/mol. The summed E-state index contributed by atoms with van der Waals surface area (Å²) in [7, 11) is 0. The third kappa shape index (κ3) is 4.50. The molecule has 0 saturated carbocycles. The number of halogens is 1. The van der Waals surface area contributed by atoms with Crippen molar-refractivity contribution >= 4 is 11.6 Å². The summed E-state index contributed by atoms with van der Waals surface area (Å²) in [5.41, 5.74) is 1.20. The summed E-state index contributed by atoms with van der Waals surface area (Å²) in [6.07, 6.45) is 5.72. The molecule has 3 heteroatoms. The molecule has 0 fully saturated rings. The molecule has 1 aromatic heterocycles. The molecule has 0 aliphatic heterocycles. The van der Waals surface area contributed by atoms with Crippen LogP contribution in [0.4, 0.5) is 0 Å². The maximum Gasteiger partial charge on any atom is 0.0621 e. The van der Waals surface area contributed by atoms with Gasteiger partial charge in [0.15, 0.2) is 0 Å². The highest BCUT2D eigenvalue weighted by Gasteiger charge is 2.10. The van der Waals surface area contributed by atoms with Gasteiger partial charge in [-0.05, 0) is 30.5 Å². The highest BCUT2D eigenvalue weighted by atomic mass is 35.5. The largest absolute Gasteiger partial charge is 0.314 e. The lowest BCUT2D eigenvalue weighted by molar-refractivity contribution is 0.436. The van der Waals surface area contributed by atoms with Crippen molar-refractivity contribution in [1.82, 2.24) is 10.3 Å². The Labute approximate surface area is 103 Å². The summed E-state index contributed by atoms with van der Waals surface area (Å²) in [6.45, 7) is 7.62. The normalized spacial score (nSPS) is 13.1. The summed E-state index contributed by atoms with van der Waals surface area (Å²) in [4.78, 5) is 4.00. The summed E-state index contributed by atoms with van der Waals surface area (Å²) < 4.78 is 0. The van der Waals surface area contributed by atoms with Gasteiger partial charge in [0.25, 0.3) is 0 Å². The molecule has 90 valence electrons. The van der Waals surface area contributed by atoms with E-state index in [2.05, 4.69) is 31.1 Å². The SMILES string of the molecule is CCC(CNC(C)C)Cc1ccncc1Cl. The molecule has 2 nitrogen and oxygen atoms in total. The zero-order chi connectivity index (χ0) is 12.0. The molecular weight excluding hydrogens is 220 g/mol. The van der Waals surface area contributed by atoms with Crippen LogP contribution in [0.1, 0.15) is 32.8 Å². The van der Waals surface area contributed by atoms with Crippen molar-refractivity contribution in [2.24, 2.45) is 5.92 Å². The third-order valence-electron chi connectivity index (χ3n) is 2.76. The van der Waals surface area contributed by atoms with Gasteiger partial charge in [0.05, 0.1) is 5.02 Å². The van der Waals surface area contributed by atoms with E-state index in [1.54, 1.807) is 6.20 Å². The molecule has 0 radical (unpaired) electrons. The van der Waals surface area contributed by atoms with Crippen molar-refractivity contribution in [3.8, 4) is 0 Å². The molecule has 1 N–H and O–H groups in total. The average Bonchev–Trinajstić information content (AvgIpc) is 2.26. The van der Waals surface area contributed by atoms with Crippen LogP contribution in [0, 0.1) is 5.92 Å². The number of nitrogens with one attached hydrogen (secondary N) is 1. The Morgan fingerprint density at radius 3 is 2.75 bits per heavy atom. The van der Waals surface area contributed by atoms with Crippen molar-refractivity contribution in [3.05, 3.63) is 29.0 Å². The fourth-order valence-electron chi connectivity index (χ4n) is 1.64. The van der Waals surface area contributed by atoms with E-state index in [9.17, 15) is 0 Å². The molecule has 0 aliphatic carbocycles. The second-order valence-electron chi connectivity index (χ2n) is 4.51. The van der Waals surface area contributed by atoms with Crippen LogP contribution >= 0.6 is 11.6 Å². The fraction of sp³-hybridized carbons (Fsp3) is 0.615. The van der Waals surface area contributed by atoms with Crippen molar-refractivity contribution in [2.75, 3.05) is 6.54 Å². The summed E-state index contributed by atoms with van der Waals surface area (Å²) in [5.74, 6) is 0.641. The predicted octanol–water partition coefficient (Wildman–Crippen LogP) is 3.30. The molecule has 0 spiro atoms. The molecular formula is C13H21ClN2. The Morgan fingerprint density at radius 2 is 2.19 bits per heavy atom. The van der Waals surface area contributed by atoms with Crippen LogP contribution in [-0.2, 0) is 6.42 Å². The zero-order valence-corrected chi connectivity index (χ0v) is 11.1. The molecule has 0 aliphatic rings. The van der Waals surface area contributed by atoms with E-state index in [4.69, 9.17) is 11.6 Å². The Hall–Kier alpha value is -0.600. The van der Waals surface area contributed by atoms with E-state index in [0.29, 0.717) is 12.0 Å². The quantitative estimate of drug-likeness (QED) is 0.825.